The van der Waals surface area contributed by atoms with E-state index < -0.39 is 0 Å². The van der Waals surface area contributed by atoms with Gasteiger partial charge < -0.3 is 4.90 Å². The van der Waals surface area contributed by atoms with Crippen molar-refractivity contribution in [3.8, 4) is 0 Å². The number of fused-ring (bicyclic) bond motifs is 1. The molecule has 1 aliphatic heterocycles. The van der Waals surface area contributed by atoms with E-state index in [9.17, 15) is 0 Å². The lowest BCUT2D eigenvalue weighted by atomic mass is 9.99. The fraction of sp³-hybridized carbons (Fsp3) is 0.429. The molecule has 0 bridgehead atoms. The average molecular weight is 352 g/mol. The van der Waals surface area contributed by atoms with Crippen LogP contribution in [0.5, 0.6) is 0 Å². The van der Waals surface area contributed by atoms with E-state index in [1.54, 1.807) is 0 Å². The Bertz CT molecular complexity index is 848. The first-order valence-electron chi connectivity index (χ1n) is 9.31. The van der Waals surface area contributed by atoms with E-state index in [-0.39, 0.29) is 0 Å². The minimum atomic E-state index is 0.799. The van der Waals surface area contributed by atoms with Crippen LogP contribution in [0.2, 0.25) is 0 Å². The molecule has 0 unspecified atom stereocenters. The lowest BCUT2D eigenvalue weighted by molar-refractivity contribution is 0.437. The molecule has 4 rings (SSSR count). The van der Waals surface area contributed by atoms with Crippen LogP contribution in [0, 0.1) is 5.92 Å². The zero-order valence-corrected chi connectivity index (χ0v) is 15.9. The SMILES string of the molecule is CCc1cc2c(N3CCC(C)CC3)nc(Cc3ccccc3)nc2s1. The second-order valence-electron chi connectivity index (χ2n) is 7.08. The zero-order valence-electron chi connectivity index (χ0n) is 15.0. The normalized spacial score (nSPS) is 15.8. The molecule has 3 aromatic rings. The van der Waals surface area contributed by atoms with Gasteiger partial charge in [-0.25, -0.2) is 9.97 Å². The summed E-state index contributed by atoms with van der Waals surface area (Å²) in [7, 11) is 0. The number of benzene rings is 1. The standard InChI is InChI=1S/C21H25N3S/c1-3-17-14-18-20(24-11-9-15(2)10-12-24)22-19(23-21(18)25-17)13-16-7-5-4-6-8-16/h4-8,14-15H,3,9-13H2,1-2H3. The van der Waals surface area contributed by atoms with Crippen LogP contribution in [0.3, 0.4) is 0 Å². The Hall–Kier alpha value is -1.94. The average Bonchev–Trinajstić information content (AvgIpc) is 3.06. The molecule has 25 heavy (non-hydrogen) atoms. The summed E-state index contributed by atoms with van der Waals surface area (Å²) in [6.45, 7) is 6.78. The molecule has 0 N–H and O–H groups in total. The highest BCUT2D eigenvalue weighted by Gasteiger charge is 2.21. The van der Waals surface area contributed by atoms with Crippen molar-refractivity contribution in [1.82, 2.24) is 9.97 Å². The monoisotopic (exact) mass is 351 g/mol. The number of anilines is 1. The summed E-state index contributed by atoms with van der Waals surface area (Å²) in [6, 6.07) is 12.8. The molecule has 0 saturated carbocycles. The van der Waals surface area contributed by atoms with Gasteiger partial charge in [0.2, 0.25) is 0 Å². The number of hydrogen-bond acceptors (Lipinski definition) is 4. The number of piperidine rings is 1. The molecule has 2 aromatic heterocycles. The third kappa shape index (κ3) is 3.54. The maximum absolute atomic E-state index is 5.01. The van der Waals surface area contributed by atoms with Crippen molar-refractivity contribution in [2.75, 3.05) is 18.0 Å². The van der Waals surface area contributed by atoms with Gasteiger partial charge in [0.25, 0.3) is 0 Å². The fourth-order valence-electron chi connectivity index (χ4n) is 3.49. The van der Waals surface area contributed by atoms with Crippen LogP contribution in [0.25, 0.3) is 10.2 Å². The van der Waals surface area contributed by atoms with E-state index in [4.69, 9.17) is 9.97 Å². The highest BCUT2D eigenvalue weighted by Crippen LogP contribution is 2.33. The van der Waals surface area contributed by atoms with E-state index in [1.807, 2.05) is 11.3 Å². The maximum Gasteiger partial charge on any atom is 0.141 e. The van der Waals surface area contributed by atoms with Gasteiger partial charge in [-0.3, -0.25) is 0 Å². The van der Waals surface area contributed by atoms with Crippen LogP contribution >= 0.6 is 11.3 Å². The van der Waals surface area contributed by atoms with E-state index in [0.717, 1.165) is 48.3 Å². The minimum absolute atomic E-state index is 0.799. The van der Waals surface area contributed by atoms with Crippen molar-refractivity contribution in [3.63, 3.8) is 0 Å². The molecule has 1 aromatic carbocycles. The molecule has 0 atom stereocenters. The summed E-state index contributed by atoms with van der Waals surface area (Å²) in [4.78, 5) is 14.9. The van der Waals surface area contributed by atoms with E-state index in [0.29, 0.717) is 0 Å². The van der Waals surface area contributed by atoms with Gasteiger partial charge in [-0.1, -0.05) is 44.2 Å². The van der Waals surface area contributed by atoms with Crippen molar-refractivity contribution >= 4 is 27.4 Å². The summed E-state index contributed by atoms with van der Waals surface area (Å²) in [5.41, 5.74) is 1.27. The third-order valence-corrected chi connectivity index (χ3v) is 6.28. The molecule has 0 aliphatic carbocycles. The molecular formula is C21H25N3S. The number of hydrogen-bond donors (Lipinski definition) is 0. The van der Waals surface area contributed by atoms with E-state index in [2.05, 4.69) is 55.1 Å². The Morgan fingerprint density at radius 3 is 2.60 bits per heavy atom. The predicted molar refractivity (Wildman–Crippen MR) is 107 cm³/mol. The summed E-state index contributed by atoms with van der Waals surface area (Å²) < 4.78 is 0. The van der Waals surface area contributed by atoms with Gasteiger partial charge in [-0.2, -0.15) is 0 Å². The summed E-state index contributed by atoms with van der Waals surface area (Å²) >= 11 is 1.82. The number of aromatic nitrogens is 2. The van der Waals surface area contributed by atoms with Crippen LogP contribution < -0.4 is 4.90 Å². The molecule has 130 valence electrons. The Morgan fingerprint density at radius 2 is 1.88 bits per heavy atom. The van der Waals surface area contributed by atoms with Gasteiger partial charge in [0.1, 0.15) is 16.5 Å². The van der Waals surface area contributed by atoms with Crippen molar-refractivity contribution in [1.29, 1.82) is 0 Å². The van der Waals surface area contributed by atoms with Crippen molar-refractivity contribution in [3.05, 3.63) is 52.7 Å². The molecule has 1 fully saturated rings. The summed E-state index contributed by atoms with van der Waals surface area (Å²) in [5, 5.41) is 1.24. The molecule has 1 aliphatic rings. The van der Waals surface area contributed by atoms with Crippen molar-refractivity contribution in [2.24, 2.45) is 5.92 Å². The third-order valence-electron chi connectivity index (χ3n) is 5.11. The summed E-state index contributed by atoms with van der Waals surface area (Å²) in [5.74, 6) is 2.92. The Morgan fingerprint density at radius 1 is 1.12 bits per heavy atom. The molecular weight excluding hydrogens is 326 g/mol. The van der Waals surface area contributed by atoms with Crippen LogP contribution in [0.1, 0.15) is 43.0 Å². The molecule has 3 heterocycles. The largest absolute Gasteiger partial charge is 0.356 e. The van der Waals surface area contributed by atoms with E-state index in [1.165, 1.54) is 28.7 Å². The molecule has 0 spiro atoms. The van der Waals surface area contributed by atoms with Crippen LogP contribution in [0.15, 0.2) is 36.4 Å². The Labute approximate surface area is 153 Å². The first-order chi connectivity index (χ1) is 12.2. The first kappa shape index (κ1) is 16.5. The summed E-state index contributed by atoms with van der Waals surface area (Å²) in [6.07, 6.45) is 4.37. The quantitative estimate of drug-likeness (QED) is 0.656. The lowest BCUT2D eigenvalue weighted by Gasteiger charge is -2.31. The first-order valence-corrected chi connectivity index (χ1v) is 10.1. The van der Waals surface area contributed by atoms with E-state index >= 15 is 0 Å². The van der Waals surface area contributed by atoms with Gasteiger partial charge in [0.05, 0.1) is 5.39 Å². The van der Waals surface area contributed by atoms with Gasteiger partial charge in [0, 0.05) is 24.4 Å². The minimum Gasteiger partial charge on any atom is -0.356 e. The fourth-order valence-corrected chi connectivity index (χ4v) is 4.47. The number of aryl methyl sites for hydroxylation is 1. The van der Waals surface area contributed by atoms with Gasteiger partial charge in [-0.05, 0) is 36.8 Å². The number of nitrogens with zero attached hydrogens (tertiary/aromatic N) is 3. The van der Waals surface area contributed by atoms with Crippen molar-refractivity contribution < 1.29 is 0 Å². The lowest BCUT2D eigenvalue weighted by Crippen LogP contribution is -2.33. The second-order valence-corrected chi connectivity index (χ2v) is 8.20. The Kier molecular flexibility index (Phi) is 4.71. The predicted octanol–water partition coefficient (Wildman–Crippen LogP) is 5.08. The highest BCUT2D eigenvalue weighted by molar-refractivity contribution is 7.18. The molecule has 4 heteroatoms. The molecule has 0 radical (unpaired) electrons. The molecule has 0 amide bonds. The van der Waals surface area contributed by atoms with Crippen LogP contribution in [-0.4, -0.2) is 23.1 Å². The smallest absolute Gasteiger partial charge is 0.141 e. The Balaban J connectivity index is 1.74. The highest BCUT2D eigenvalue weighted by atomic mass is 32.1. The van der Waals surface area contributed by atoms with Crippen LogP contribution in [-0.2, 0) is 12.8 Å². The molecule has 1 saturated heterocycles. The molecule has 3 nitrogen and oxygen atoms in total. The van der Waals surface area contributed by atoms with Crippen molar-refractivity contribution in [2.45, 2.75) is 39.5 Å². The van der Waals surface area contributed by atoms with Gasteiger partial charge in [0.15, 0.2) is 0 Å². The van der Waals surface area contributed by atoms with Crippen LogP contribution in [0.4, 0.5) is 5.82 Å². The maximum atomic E-state index is 5.01. The number of thiophene rings is 1. The van der Waals surface area contributed by atoms with Gasteiger partial charge >= 0.3 is 0 Å². The topological polar surface area (TPSA) is 29.0 Å². The zero-order chi connectivity index (χ0) is 17.2. The number of rotatable bonds is 4. The van der Waals surface area contributed by atoms with Gasteiger partial charge in [-0.15, -0.1) is 11.3 Å². The second kappa shape index (κ2) is 7.12.